The highest BCUT2D eigenvalue weighted by Crippen LogP contribution is 2.43. The molecule has 94 valence electrons. The molecule has 0 radical (unpaired) electrons. The van der Waals surface area contributed by atoms with E-state index in [0.717, 1.165) is 19.6 Å². The smallest absolute Gasteiger partial charge is 0.0684 e. The second-order valence-corrected chi connectivity index (χ2v) is 5.79. The van der Waals surface area contributed by atoms with Crippen molar-refractivity contribution in [2.75, 3.05) is 13.2 Å². The summed E-state index contributed by atoms with van der Waals surface area (Å²) in [7, 11) is 0. The highest BCUT2D eigenvalue weighted by molar-refractivity contribution is 4.94. The van der Waals surface area contributed by atoms with Crippen LogP contribution < -0.4 is 0 Å². The summed E-state index contributed by atoms with van der Waals surface area (Å²) in [6.45, 7) is 6.34. The van der Waals surface area contributed by atoms with Crippen LogP contribution in [0.3, 0.4) is 0 Å². The first kappa shape index (κ1) is 12.4. The van der Waals surface area contributed by atoms with Crippen LogP contribution in [0.2, 0.25) is 0 Å². The zero-order valence-electron chi connectivity index (χ0n) is 10.9. The van der Waals surface area contributed by atoms with Gasteiger partial charge in [-0.1, -0.05) is 6.92 Å². The van der Waals surface area contributed by atoms with E-state index in [2.05, 4.69) is 13.8 Å². The van der Waals surface area contributed by atoms with E-state index in [1.165, 1.54) is 44.9 Å². The van der Waals surface area contributed by atoms with Crippen molar-refractivity contribution in [3.63, 3.8) is 0 Å². The van der Waals surface area contributed by atoms with Gasteiger partial charge in [-0.25, -0.2) is 0 Å². The van der Waals surface area contributed by atoms with Crippen LogP contribution in [0.1, 0.15) is 65.2 Å². The number of ether oxygens (including phenoxy) is 2. The van der Waals surface area contributed by atoms with Crippen LogP contribution in [-0.4, -0.2) is 24.4 Å². The lowest BCUT2D eigenvalue weighted by molar-refractivity contribution is -0.148. The second kappa shape index (κ2) is 5.05. The summed E-state index contributed by atoms with van der Waals surface area (Å²) in [5.74, 6) is 0. The summed E-state index contributed by atoms with van der Waals surface area (Å²) in [5, 5.41) is 0. The Morgan fingerprint density at radius 2 is 1.81 bits per heavy atom. The van der Waals surface area contributed by atoms with Gasteiger partial charge in [0.1, 0.15) is 0 Å². The summed E-state index contributed by atoms with van der Waals surface area (Å²) >= 11 is 0. The Kier molecular flexibility index (Phi) is 3.91. The SMILES string of the molecule is CCCOC1(C)CCC2(CCCCO2)CC1. The van der Waals surface area contributed by atoms with Gasteiger partial charge in [-0.3, -0.25) is 0 Å². The quantitative estimate of drug-likeness (QED) is 0.730. The van der Waals surface area contributed by atoms with E-state index < -0.39 is 0 Å². The minimum Gasteiger partial charge on any atom is -0.375 e. The van der Waals surface area contributed by atoms with Crippen LogP contribution >= 0.6 is 0 Å². The van der Waals surface area contributed by atoms with Gasteiger partial charge in [0.15, 0.2) is 0 Å². The molecule has 1 heterocycles. The molecule has 1 saturated carbocycles. The van der Waals surface area contributed by atoms with Gasteiger partial charge in [0.05, 0.1) is 11.2 Å². The maximum absolute atomic E-state index is 6.05. The lowest BCUT2D eigenvalue weighted by atomic mass is 9.73. The van der Waals surface area contributed by atoms with E-state index in [9.17, 15) is 0 Å². The summed E-state index contributed by atoms with van der Waals surface area (Å²) < 4.78 is 12.0. The average molecular weight is 226 g/mol. The fourth-order valence-electron chi connectivity index (χ4n) is 3.03. The van der Waals surface area contributed by atoms with Gasteiger partial charge in [-0.2, -0.15) is 0 Å². The topological polar surface area (TPSA) is 18.5 Å². The summed E-state index contributed by atoms with van der Waals surface area (Å²) in [4.78, 5) is 0. The Bertz CT molecular complexity index is 209. The van der Waals surface area contributed by atoms with Gasteiger partial charge < -0.3 is 9.47 Å². The highest BCUT2D eigenvalue weighted by atomic mass is 16.5. The van der Waals surface area contributed by atoms with Gasteiger partial charge in [-0.15, -0.1) is 0 Å². The monoisotopic (exact) mass is 226 g/mol. The Balaban J connectivity index is 1.85. The van der Waals surface area contributed by atoms with Gasteiger partial charge >= 0.3 is 0 Å². The van der Waals surface area contributed by atoms with E-state index in [1.54, 1.807) is 0 Å². The van der Waals surface area contributed by atoms with E-state index in [0.29, 0.717) is 0 Å². The molecular formula is C14H26O2. The lowest BCUT2D eigenvalue weighted by Gasteiger charge is -2.46. The molecule has 16 heavy (non-hydrogen) atoms. The molecule has 1 saturated heterocycles. The molecule has 2 heteroatoms. The van der Waals surface area contributed by atoms with Crippen molar-refractivity contribution in [3.05, 3.63) is 0 Å². The lowest BCUT2D eigenvalue weighted by Crippen LogP contribution is -2.46. The highest BCUT2D eigenvalue weighted by Gasteiger charge is 2.42. The standard InChI is InChI=1S/C14H26O2/c1-3-11-15-13(2)7-9-14(10-8-13)6-4-5-12-16-14/h3-12H2,1-2H3. The van der Waals surface area contributed by atoms with Gasteiger partial charge in [0, 0.05) is 13.2 Å². The van der Waals surface area contributed by atoms with Gasteiger partial charge in [0.2, 0.25) is 0 Å². The number of hydrogen-bond donors (Lipinski definition) is 0. The summed E-state index contributed by atoms with van der Waals surface area (Å²) in [6, 6.07) is 0. The zero-order valence-corrected chi connectivity index (χ0v) is 10.9. The normalized spacial score (nSPS) is 40.1. The van der Waals surface area contributed by atoms with Crippen molar-refractivity contribution >= 4 is 0 Å². The average Bonchev–Trinajstić information content (AvgIpc) is 2.33. The van der Waals surface area contributed by atoms with E-state index in [4.69, 9.17) is 9.47 Å². The molecule has 0 aromatic carbocycles. The molecule has 1 aliphatic carbocycles. The number of hydrogen-bond acceptors (Lipinski definition) is 2. The maximum atomic E-state index is 6.05. The van der Waals surface area contributed by atoms with Crippen molar-refractivity contribution in [2.45, 2.75) is 76.4 Å². The summed E-state index contributed by atoms with van der Waals surface area (Å²) in [6.07, 6.45) is 9.76. The summed E-state index contributed by atoms with van der Waals surface area (Å²) in [5.41, 5.74) is 0.357. The molecule has 0 aromatic heterocycles. The third-order valence-corrected chi connectivity index (χ3v) is 4.31. The van der Waals surface area contributed by atoms with Crippen LogP contribution in [0.15, 0.2) is 0 Å². The first-order valence-corrected chi connectivity index (χ1v) is 6.96. The molecule has 0 bridgehead atoms. The molecule has 2 nitrogen and oxygen atoms in total. The Morgan fingerprint density at radius 1 is 1.06 bits per heavy atom. The first-order valence-electron chi connectivity index (χ1n) is 6.96. The molecule has 2 rings (SSSR count). The molecule has 0 atom stereocenters. The number of rotatable bonds is 3. The molecule has 0 N–H and O–H groups in total. The third-order valence-electron chi connectivity index (χ3n) is 4.31. The molecule has 1 spiro atoms. The van der Waals surface area contributed by atoms with Crippen LogP contribution in [0.4, 0.5) is 0 Å². The molecule has 0 amide bonds. The second-order valence-electron chi connectivity index (χ2n) is 5.79. The van der Waals surface area contributed by atoms with Crippen molar-refractivity contribution in [3.8, 4) is 0 Å². The molecular weight excluding hydrogens is 200 g/mol. The predicted molar refractivity (Wildman–Crippen MR) is 65.7 cm³/mol. The maximum Gasteiger partial charge on any atom is 0.0684 e. The van der Waals surface area contributed by atoms with Gasteiger partial charge in [0.25, 0.3) is 0 Å². The van der Waals surface area contributed by atoms with Crippen LogP contribution in [0.25, 0.3) is 0 Å². The van der Waals surface area contributed by atoms with Gasteiger partial charge in [-0.05, 0) is 58.3 Å². The minimum atomic E-state index is 0.127. The predicted octanol–water partition coefficient (Wildman–Crippen LogP) is 3.69. The van der Waals surface area contributed by atoms with E-state index in [-0.39, 0.29) is 11.2 Å². The Hall–Kier alpha value is -0.0800. The largest absolute Gasteiger partial charge is 0.375 e. The van der Waals surface area contributed by atoms with Crippen LogP contribution in [0, 0.1) is 0 Å². The van der Waals surface area contributed by atoms with Crippen molar-refractivity contribution in [2.24, 2.45) is 0 Å². The minimum absolute atomic E-state index is 0.127. The van der Waals surface area contributed by atoms with E-state index >= 15 is 0 Å². The first-order chi connectivity index (χ1) is 7.68. The molecule has 1 aliphatic heterocycles. The fourth-order valence-corrected chi connectivity index (χ4v) is 3.03. The van der Waals surface area contributed by atoms with Crippen molar-refractivity contribution in [1.29, 1.82) is 0 Å². The Labute approximate surface area is 99.7 Å². The Morgan fingerprint density at radius 3 is 2.38 bits per heavy atom. The van der Waals surface area contributed by atoms with Crippen LogP contribution in [0.5, 0.6) is 0 Å². The van der Waals surface area contributed by atoms with Crippen molar-refractivity contribution in [1.82, 2.24) is 0 Å². The fraction of sp³-hybridized carbons (Fsp3) is 1.00. The van der Waals surface area contributed by atoms with E-state index in [1.807, 2.05) is 0 Å². The molecule has 0 aromatic rings. The zero-order chi connectivity index (χ0) is 11.5. The molecule has 2 fully saturated rings. The van der Waals surface area contributed by atoms with Crippen LogP contribution in [-0.2, 0) is 9.47 Å². The molecule has 2 aliphatic rings. The molecule has 0 unspecified atom stereocenters. The van der Waals surface area contributed by atoms with Crippen molar-refractivity contribution < 1.29 is 9.47 Å². The third kappa shape index (κ3) is 2.78.